The van der Waals surface area contributed by atoms with E-state index >= 15 is 0 Å². The zero-order chi connectivity index (χ0) is 26.0. The summed E-state index contributed by atoms with van der Waals surface area (Å²) in [6, 6.07) is 7.34. The van der Waals surface area contributed by atoms with Gasteiger partial charge in [-0.2, -0.15) is 8.78 Å². The number of fused-ring (bicyclic) bond motifs is 1. The number of aromatic hydroxyl groups is 1. The lowest BCUT2D eigenvalue weighted by Gasteiger charge is -2.23. The Morgan fingerprint density at radius 1 is 1.09 bits per heavy atom. The average Bonchev–Trinajstić information content (AvgIpc) is 3.04. The quantitative estimate of drug-likeness (QED) is 0.382. The number of ether oxygens (including phenoxy) is 2. The Balaban J connectivity index is 2.23. The van der Waals surface area contributed by atoms with Gasteiger partial charge in [-0.3, -0.25) is 14.2 Å². The Morgan fingerprint density at radius 3 is 2.26 bits per heavy atom. The minimum Gasteiger partial charge on any atom is -0.505 e. The highest BCUT2D eigenvalue weighted by atomic mass is 19.3. The van der Waals surface area contributed by atoms with Gasteiger partial charge in [-0.25, -0.2) is 4.39 Å². The van der Waals surface area contributed by atoms with Gasteiger partial charge in [0.1, 0.15) is 5.75 Å². The first-order chi connectivity index (χ1) is 16.5. The Bertz CT molecular complexity index is 1230. The molecule has 0 saturated heterocycles. The molecule has 0 aliphatic rings. The molecule has 0 spiro atoms. The van der Waals surface area contributed by atoms with Gasteiger partial charge in [0.15, 0.2) is 11.6 Å². The van der Waals surface area contributed by atoms with Crippen LogP contribution in [0.25, 0.3) is 10.9 Å². The van der Waals surface area contributed by atoms with Crippen molar-refractivity contribution in [3.8, 4) is 11.5 Å². The monoisotopic (exact) mass is 491 g/mol. The number of esters is 1. The van der Waals surface area contributed by atoms with E-state index in [9.17, 15) is 27.9 Å². The van der Waals surface area contributed by atoms with Crippen molar-refractivity contribution in [3.63, 3.8) is 0 Å². The fraction of sp³-hybridized carbons (Fsp3) is 0.385. The van der Waals surface area contributed by atoms with E-state index in [4.69, 9.17) is 4.74 Å². The summed E-state index contributed by atoms with van der Waals surface area (Å²) >= 11 is 0. The van der Waals surface area contributed by atoms with Crippen LogP contribution in [-0.2, 0) is 9.53 Å². The van der Waals surface area contributed by atoms with Crippen molar-refractivity contribution in [1.82, 2.24) is 4.57 Å². The molecular weight excluding hydrogens is 463 g/mol. The van der Waals surface area contributed by atoms with Gasteiger partial charge in [-0.1, -0.05) is 20.3 Å². The molecule has 0 amide bonds. The third-order valence-corrected chi connectivity index (χ3v) is 5.98. The molecule has 1 aromatic heterocycles. The number of alkyl halides is 2. The molecule has 0 saturated carbocycles. The van der Waals surface area contributed by atoms with E-state index in [0.29, 0.717) is 23.1 Å². The van der Waals surface area contributed by atoms with Crippen LogP contribution in [-0.4, -0.2) is 34.3 Å². The lowest BCUT2D eigenvalue weighted by atomic mass is 9.84. The van der Waals surface area contributed by atoms with Crippen molar-refractivity contribution in [1.29, 1.82) is 0 Å². The van der Waals surface area contributed by atoms with E-state index in [1.807, 2.05) is 13.8 Å². The molecule has 2 aromatic carbocycles. The third-order valence-electron chi connectivity index (χ3n) is 5.98. The highest BCUT2D eigenvalue weighted by Crippen LogP contribution is 2.40. The molecule has 0 fully saturated rings. The molecule has 3 aromatic rings. The van der Waals surface area contributed by atoms with Crippen molar-refractivity contribution in [3.05, 3.63) is 59.0 Å². The number of nitrogens with zero attached hydrogens (tertiary/aromatic N) is 1. The molecule has 1 unspecified atom stereocenters. The van der Waals surface area contributed by atoms with E-state index in [2.05, 4.69) is 4.74 Å². The van der Waals surface area contributed by atoms with Crippen LogP contribution in [0.2, 0.25) is 0 Å². The standard InChI is InChI=1S/C26H28F3NO5/c1-6-14(4)22(25(33)34-13(2)3)23-15(5)30(20-12-19(27)21(31)11-18(20)23)24(32)16-7-9-17(10-8-16)35-26(28)29/h7-14,22,26,31H,6H2,1-5H3/t14-,22?/m0/s1. The van der Waals surface area contributed by atoms with E-state index in [1.165, 1.54) is 34.9 Å². The zero-order valence-corrected chi connectivity index (χ0v) is 20.1. The number of phenols is 1. The number of hydrogen-bond acceptors (Lipinski definition) is 5. The largest absolute Gasteiger partial charge is 0.505 e. The molecule has 0 aliphatic carbocycles. The van der Waals surface area contributed by atoms with Crippen LogP contribution in [0.1, 0.15) is 61.6 Å². The van der Waals surface area contributed by atoms with Gasteiger partial charge < -0.3 is 14.6 Å². The van der Waals surface area contributed by atoms with E-state index < -0.39 is 36.0 Å². The van der Waals surface area contributed by atoms with Crippen molar-refractivity contribution < 1.29 is 37.3 Å². The Kier molecular flexibility index (Phi) is 7.77. The highest BCUT2D eigenvalue weighted by Gasteiger charge is 2.34. The smallest absolute Gasteiger partial charge is 0.387 e. The summed E-state index contributed by atoms with van der Waals surface area (Å²) in [7, 11) is 0. The predicted molar refractivity (Wildman–Crippen MR) is 125 cm³/mol. The summed E-state index contributed by atoms with van der Waals surface area (Å²) < 4.78 is 50.4. The summed E-state index contributed by atoms with van der Waals surface area (Å²) in [5, 5.41) is 10.4. The number of carbonyl (C=O) groups excluding carboxylic acids is 2. The maximum atomic E-state index is 14.4. The maximum Gasteiger partial charge on any atom is 0.387 e. The van der Waals surface area contributed by atoms with Crippen LogP contribution in [0.4, 0.5) is 13.2 Å². The minimum atomic E-state index is -3.01. The molecule has 2 atom stereocenters. The van der Waals surface area contributed by atoms with Gasteiger partial charge in [0, 0.05) is 22.7 Å². The second-order valence-electron chi connectivity index (χ2n) is 8.71. The van der Waals surface area contributed by atoms with Crippen molar-refractivity contribution in [2.24, 2.45) is 5.92 Å². The van der Waals surface area contributed by atoms with Crippen LogP contribution in [0.15, 0.2) is 36.4 Å². The molecule has 9 heteroatoms. The summed E-state index contributed by atoms with van der Waals surface area (Å²) in [5.74, 6) is -3.67. The first-order valence-electron chi connectivity index (χ1n) is 11.3. The lowest BCUT2D eigenvalue weighted by Crippen LogP contribution is -2.25. The average molecular weight is 492 g/mol. The zero-order valence-electron chi connectivity index (χ0n) is 20.1. The van der Waals surface area contributed by atoms with E-state index in [0.717, 1.165) is 6.07 Å². The van der Waals surface area contributed by atoms with Crippen LogP contribution in [0.5, 0.6) is 11.5 Å². The van der Waals surface area contributed by atoms with Gasteiger partial charge in [0.2, 0.25) is 0 Å². The predicted octanol–water partition coefficient (Wildman–Crippen LogP) is 6.17. The minimum absolute atomic E-state index is 0.115. The Hall–Kier alpha value is -3.49. The van der Waals surface area contributed by atoms with Crippen molar-refractivity contribution in [2.45, 2.75) is 59.7 Å². The topological polar surface area (TPSA) is 77.8 Å². The second kappa shape index (κ2) is 10.4. The molecule has 188 valence electrons. The molecule has 1 N–H and O–H groups in total. The van der Waals surface area contributed by atoms with Gasteiger partial charge in [-0.15, -0.1) is 0 Å². The molecule has 0 bridgehead atoms. The highest BCUT2D eigenvalue weighted by molar-refractivity contribution is 6.05. The SMILES string of the molecule is CC[C@H](C)C(C(=O)OC(C)C)c1c(C)n(C(=O)c2ccc(OC(F)F)cc2)c2cc(F)c(O)cc12. The van der Waals surface area contributed by atoms with Crippen LogP contribution >= 0.6 is 0 Å². The fourth-order valence-electron chi connectivity index (χ4n) is 4.19. The van der Waals surface area contributed by atoms with Crippen LogP contribution < -0.4 is 4.74 Å². The first-order valence-corrected chi connectivity index (χ1v) is 11.3. The molecule has 1 heterocycles. The number of rotatable bonds is 8. The van der Waals surface area contributed by atoms with Gasteiger partial charge in [0.25, 0.3) is 5.91 Å². The van der Waals surface area contributed by atoms with Crippen LogP contribution in [0.3, 0.4) is 0 Å². The first kappa shape index (κ1) is 26.1. The summed E-state index contributed by atoms with van der Waals surface area (Å²) in [6.45, 7) is 5.88. The van der Waals surface area contributed by atoms with Crippen LogP contribution in [0, 0.1) is 18.7 Å². The normalized spacial score (nSPS) is 13.3. The second-order valence-corrected chi connectivity index (χ2v) is 8.71. The molecule has 35 heavy (non-hydrogen) atoms. The fourth-order valence-corrected chi connectivity index (χ4v) is 4.19. The van der Waals surface area contributed by atoms with Gasteiger partial charge in [0.05, 0.1) is 17.5 Å². The Morgan fingerprint density at radius 2 is 1.71 bits per heavy atom. The molecule has 0 aliphatic heterocycles. The van der Waals surface area contributed by atoms with Gasteiger partial charge >= 0.3 is 12.6 Å². The lowest BCUT2D eigenvalue weighted by molar-refractivity contribution is -0.150. The molecule has 0 radical (unpaired) electrons. The third kappa shape index (κ3) is 5.28. The van der Waals surface area contributed by atoms with Crippen molar-refractivity contribution >= 4 is 22.8 Å². The number of phenolic OH excluding ortho intramolecular Hbond substituents is 1. The molecule has 6 nitrogen and oxygen atoms in total. The van der Waals surface area contributed by atoms with Crippen molar-refractivity contribution in [2.75, 3.05) is 0 Å². The van der Waals surface area contributed by atoms with E-state index in [-0.39, 0.29) is 28.9 Å². The number of aromatic nitrogens is 1. The summed E-state index contributed by atoms with van der Waals surface area (Å²) in [5.41, 5.74) is 1.14. The van der Waals surface area contributed by atoms with E-state index in [1.54, 1.807) is 20.8 Å². The summed E-state index contributed by atoms with van der Waals surface area (Å²) in [4.78, 5) is 26.7. The number of hydrogen-bond donors (Lipinski definition) is 1. The number of halogens is 3. The molecule has 3 rings (SSSR count). The molecular formula is C26H28F3NO5. The number of carbonyl (C=O) groups is 2. The van der Waals surface area contributed by atoms with Gasteiger partial charge in [-0.05, 0) is 62.6 Å². The summed E-state index contributed by atoms with van der Waals surface area (Å²) in [6.07, 6.45) is 0.251. The Labute approximate surface area is 201 Å². The maximum absolute atomic E-state index is 14.4. The number of benzene rings is 2.